The summed E-state index contributed by atoms with van der Waals surface area (Å²) in [7, 11) is 0. The van der Waals surface area contributed by atoms with Crippen molar-refractivity contribution in [2.45, 2.75) is 18.3 Å². The second-order valence-electron chi connectivity index (χ2n) is 7.05. The first-order valence-electron chi connectivity index (χ1n) is 8.43. The third kappa shape index (κ3) is 1.94. The molecule has 2 bridgehead atoms. The van der Waals surface area contributed by atoms with E-state index in [0.29, 0.717) is 17.1 Å². The van der Waals surface area contributed by atoms with Crippen LogP contribution in [0.2, 0.25) is 10.0 Å². The van der Waals surface area contributed by atoms with Crippen LogP contribution in [0.25, 0.3) is 0 Å². The van der Waals surface area contributed by atoms with Gasteiger partial charge in [-0.15, -0.1) is 0 Å². The lowest BCUT2D eigenvalue weighted by Crippen LogP contribution is -2.44. The highest BCUT2D eigenvalue weighted by Gasteiger charge is 2.62. The van der Waals surface area contributed by atoms with Crippen LogP contribution in [0.5, 0.6) is 0 Å². The van der Waals surface area contributed by atoms with Crippen LogP contribution in [0.4, 0.5) is 5.69 Å². The van der Waals surface area contributed by atoms with Gasteiger partial charge in [-0.1, -0.05) is 47.5 Å². The number of nitrogens with zero attached hydrogens (tertiary/aromatic N) is 1. The Kier molecular flexibility index (Phi) is 3.34. The Labute approximate surface area is 159 Å². The van der Waals surface area contributed by atoms with Crippen LogP contribution in [0.1, 0.15) is 29.4 Å². The second-order valence-corrected chi connectivity index (χ2v) is 7.86. The Bertz CT molecular complexity index is 1000. The van der Waals surface area contributed by atoms with E-state index in [9.17, 15) is 14.4 Å². The molecular weight excluding hydrogens is 373 g/mol. The number of imide groups is 1. The van der Waals surface area contributed by atoms with Crippen molar-refractivity contribution in [1.29, 1.82) is 0 Å². The van der Waals surface area contributed by atoms with E-state index in [-0.39, 0.29) is 28.5 Å². The zero-order valence-electron chi connectivity index (χ0n) is 13.5. The lowest BCUT2D eigenvalue weighted by molar-refractivity contribution is -0.134. The molecule has 2 amide bonds. The summed E-state index contributed by atoms with van der Waals surface area (Å²) >= 11 is 12.0. The number of hydrogen-bond donors (Lipinski definition) is 0. The third-order valence-electron chi connectivity index (χ3n) is 5.85. The maximum atomic E-state index is 13.2. The van der Waals surface area contributed by atoms with Crippen molar-refractivity contribution >= 4 is 46.5 Å². The number of fused-ring (bicyclic) bond motifs is 1. The lowest BCUT2D eigenvalue weighted by atomic mass is 9.56. The largest absolute Gasteiger partial charge is 0.299 e. The summed E-state index contributed by atoms with van der Waals surface area (Å²) in [6.07, 6.45) is 0.317. The van der Waals surface area contributed by atoms with Crippen molar-refractivity contribution in [3.8, 4) is 0 Å². The summed E-state index contributed by atoms with van der Waals surface area (Å²) in [5.74, 6) is -2.42. The highest BCUT2D eigenvalue weighted by Crippen LogP contribution is 2.57. The Morgan fingerprint density at radius 1 is 0.846 bits per heavy atom. The average Bonchev–Trinajstić information content (AvgIpc) is 2.90. The second kappa shape index (κ2) is 5.41. The number of carbonyl (C=O) groups excluding carboxylic acids is 3. The summed E-state index contributed by atoms with van der Waals surface area (Å²) in [6.45, 7) is 0. The Hall–Kier alpha value is -2.17. The van der Waals surface area contributed by atoms with Gasteiger partial charge >= 0.3 is 0 Å². The van der Waals surface area contributed by atoms with E-state index in [1.165, 1.54) is 11.0 Å². The Morgan fingerprint density at radius 2 is 1.54 bits per heavy atom. The monoisotopic (exact) mass is 385 g/mol. The van der Waals surface area contributed by atoms with Crippen LogP contribution in [-0.4, -0.2) is 17.6 Å². The fourth-order valence-electron chi connectivity index (χ4n) is 4.84. The average molecular weight is 386 g/mol. The molecule has 4 nitrogen and oxygen atoms in total. The molecular formula is C20H13Cl2NO3. The molecule has 0 N–H and O–H groups in total. The van der Waals surface area contributed by atoms with Crippen LogP contribution < -0.4 is 4.90 Å². The minimum Gasteiger partial charge on any atom is -0.299 e. The van der Waals surface area contributed by atoms with E-state index in [0.717, 1.165) is 11.1 Å². The SMILES string of the molecule is O=C1C[C@@H]2c3ccccc3[C@@H]1[C@@H]1C(=O)N(c3ccc(Cl)c(Cl)c3)C(=O)[C@@H]12. The maximum absolute atomic E-state index is 13.2. The maximum Gasteiger partial charge on any atom is 0.238 e. The summed E-state index contributed by atoms with van der Waals surface area (Å²) in [5.41, 5.74) is 2.32. The minimum absolute atomic E-state index is 0.0482. The Morgan fingerprint density at radius 3 is 2.27 bits per heavy atom. The van der Waals surface area contributed by atoms with Crippen molar-refractivity contribution in [1.82, 2.24) is 0 Å². The van der Waals surface area contributed by atoms with Crippen LogP contribution in [0.3, 0.4) is 0 Å². The number of benzene rings is 2. The molecule has 1 heterocycles. The van der Waals surface area contributed by atoms with E-state index < -0.39 is 17.8 Å². The standard InChI is InChI=1S/C20H13Cl2NO3/c21-13-6-5-9(7-14(13)22)23-19(25)17-12-8-15(24)16(18(17)20(23)26)11-4-2-1-3-10(11)12/h1-7,12,16-18H,8H2/t12-,16+,17-,18+/m1/s1. The fourth-order valence-corrected chi connectivity index (χ4v) is 5.13. The van der Waals surface area contributed by atoms with Gasteiger partial charge in [0.2, 0.25) is 11.8 Å². The molecule has 0 spiro atoms. The van der Waals surface area contributed by atoms with Crippen LogP contribution in [0, 0.1) is 11.8 Å². The van der Waals surface area contributed by atoms with Gasteiger partial charge in [0.1, 0.15) is 5.78 Å². The van der Waals surface area contributed by atoms with E-state index in [1.54, 1.807) is 12.1 Å². The lowest BCUT2D eigenvalue weighted by Gasteiger charge is -2.43. The van der Waals surface area contributed by atoms with Crippen molar-refractivity contribution in [3.63, 3.8) is 0 Å². The number of amides is 2. The van der Waals surface area contributed by atoms with Crippen molar-refractivity contribution < 1.29 is 14.4 Å². The van der Waals surface area contributed by atoms with Gasteiger partial charge in [-0.05, 0) is 29.3 Å². The van der Waals surface area contributed by atoms with Crippen molar-refractivity contribution in [3.05, 3.63) is 63.6 Å². The molecule has 130 valence electrons. The van der Waals surface area contributed by atoms with Gasteiger partial charge in [-0.25, -0.2) is 4.90 Å². The summed E-state index contributed by atoms with van der Waals surface area (Å²) in [5, 5.41) is 0.636. The molecule has 26 heavy (non-hydrogen) atoms. The summed E-state index contributed by atoms with van der Waals surface area (Å²) < 4.78 is 0. The van der Waals surface area contributed by atoms with Gasteiger partial charge < -0.3 is 0 Å². The zero-order chi connectivity index (χ0) is 18.2. The molecule has 2 fully saturated rings. The zero-order valence-corrected chi connectivity index (χ0v) is 15.0. The molecule has 6 heteroatoms. The molecule has 1 aliphatic heterocycles. The quantitative estimate of drug-likeness (QED) is 0.698. The van der Waals surface area contributed by atoms with Crippen LogP contribution in [0.15, 0.2) is 42.5 Å². The van der Waals surface area contributed by atoms with E-state index in [4.69, 9.17) is 23.2 Å². The number of Topliss-reactive ketones (excluding diaryl/α,β-unsaturated/α-hetero) is 1. The molecule has 0 aromatic heterocycles. The number of carbonyl (C=O) groups is 3. The molecule has 0 unspecified atom stereocenters. The number of anilines is 1. The van der Waals surface area contributed by atoms with Gasteiger partial charge in [-0.3, -0.25) is 14.4 Å². The number of hydrogen-bond acceptors (Lipinski definition) is 3. The number of halogens is 2. The molecule has 1 saturated heterocycles. The molecule has 2 aromatic rings. The van der Waals surface area contributed by atoms with Crippen molar-refractivity contribution in [2.75, 3.05) is 4.90 Å². The minimum atomic E-state index is -0.627. The van der Waals surface area contributed by atoms with E-state index in [2.05, 4.69) is 0 Å². The van der Waals surface area contributed by atoms with Gasteiger partial charge in [0, 0.05) is 12.3 Å². The summed E-state index contributed by atoms with van der Waals surface area (Å²) in [6, 6.07) is 12.4. The molecule has 1 saturated carbocycles. The Balaban J connectivity index is 1.65. The van der Waals surface area contributed by atoms with Crippen LogP contribution >= 0.6 is 23.2 Å². The van der Waals surface area contributed by atoms with Gasteiger partial charge in [0.05, 0.1) is 33.5 Å². The highest BCUT2D eigenvalue weighted by molar-refractivity contribution is 6.42. The topological polar surface area (TPSA) is 54.5 Å². The number of ketones is 1. The molecule has 2 aromatic carbocycles. The van der Waals surface area contributed by atoms with Gasteiger partial charge in [0.25, 0.3) is 0 Å². The smallest absolute Gasteiger partial charge is 0.238 e. The first kappa shape index (κ1) is 16.0. The molecule has 4 aliphatic rings. The predicted octanol–water partition coefficient (Wildman–Crippen LogP) is 3.95. The highest BCUT2D eigenvalue weighted by atomic mass is 35.5. The fraction of sp³-hybridized carbons (Fsp3) is 0.250. The number of rotatable bonds is 1. The van der Waals surface area contributed by atoms with E-state index >= 15 is 0 Å². The molecule has 3 aliphatic carbocycles. The van der Waals surface area contributed by atoms with Gasteiger partial charge in [-0.2, -0.15) is 0 Å². The normalized spacial score (nSPS) is 29.2. The van der Waals surface area contributed by atoms with E-state index in [1.807, 2.05) is 24.3 Å². The van der Waals surface area contributed by atoms with Crippen LogP contribution in [-0.2, 0) is 14.4 Å². The van der Waals surface area contributed by atoms with Gasteiger partial charge in [0.15, 0.2) is 0 Å². The first-order chi connectivity index (χ1) is 12.5. The summed E-state index contributed by atoms with van der Waals surface area (Å²) in [4.78, 5) is 40.2. The molecule has 4 atom stereocenters. The van der Waals surface area contributed by atoms with Crippen molar-refractivity contribution in [2.24, 2.45) is 11.8 Å². The molecule has 6 rings (SSSR count). The predicted molar refractivity (Wildman–Crippen MR) is 97.5 cm³/mol. The first-order valence-corrected chi connectivity index (χ1v) is 9.19. The molecule has 0 radical (unpaired) electrons. The third-order valence-corrected chi connectivity index (χ3v) is 6.59.